The molecule has 1 unspecified atom stereocenters. The van der Waals surface area contributed by atoms with E-state index >= 15 is 0 Å². The van der Waals surface area contributed by atoms with Gasteiger partial charge < -0.3 is 16.0 Å². The van der Waals surface area contributed by atoms with Gasteiger partial charge in [-0.3, -0.25) is 14.5 Å². The number of hydrogen-bond donors (Lipinski definition) is 2. The van der Waals surface area contributed by atoms with Crippen LogP contribution in [0.5, 0.6) is 0 Å². The monoisotopic (exact) mass is 476 g/mol. The molecule has 0 saturated carbocycles. The molecule has 2 rings (SSSR count). The minimum absolute atomic E-state index is 0. The number of hydrogen-bond acceptors (Lipinski definition) is 3. The molecule has 1 aromatic rings. The SMILES string of the molecule is CCNC(=NCCCn1nc(C)cc1C)N1CCCC(CC(N)=O)C1.I. The molecule has 0 bridgehead atoms. The molecule has 0 spiro atoms. The largest absolute Gasteiger partial charge is 0.370 e. The van der Waals surface area contributed by atoms with Crippen molar-refractivity contribution in [3.05, 3.63) is 17.5 Å². The summed E-state index contributed by atoms with van der Waals surface area (Å²) in [5.41, 5.74) is 7.61. The molecule has 1 aliphatic heterocycles. The van der Waals surface area contributed by atoms with E-state index in [-0.39, 0.29) is 29.9 Å². The zero-order valence-electron chi connectivity index (χ0n) is 16.2. The molecule has 0 radical (unpaired) electrons. The summed E-state index contributed by atoms with van der Waals surface area (Å²) in [6.45, 7) is 10.5. The third-order valence-electron chi connectivity index (χ3n) is 4.54. The molecule has 0 aromatic carbocycles. The Morgan fingerprint density at radius 2 is 2.23 bits per heavy atom. The number of aryl methyl sites for hydroxylation is 3. The van der Waals surface area contributed by atoms with Crippen molar-refractivity contribution in [2.24, 2.45) is 16.6 Å². The van der Waals surface area contributed by atoms with Crippen LogP contribution in [0.2, 0.25) is 0 Å². The number of nitrogens with one attached hydrogen (secondary N) is 1. The van der Waals surface area contributed by atoms with Crippen molar-refractivity contribution in [2.75, 3.05) is 26.2 Å². The molecule has 1 saturated heterocycles. The molecule has 1 amide bonds. The maximum atomic E-state index is 11.2. The van der Waals surface area contributed by atoms with Crippen molar-refractivity contribution in [3.8, 4) is 0 Å². The molecule has 148 valence electrons. The van der Waals surface area contributed by atoms with Gasteiger partial charge in [-0.05, 0) is 52.0 Å². The van der Waals surface area contributed by atoms with Gasteiger partial charge in [-0.2, -0.15) is 5.10 Å². The molecule has 0 aliphatic carbocycles. The number of nitrogens with two attached hydrogens (primary N) is 1. The van der Waals surface area contributed by atoms with Crippen molar-refractivity contribution in [1.29, 1.82) is 0 Å². The van der Waals surface area contributed by atoms with Gasteiger partial charge in [0.05, 0.1) is 5.69 Å². The highest BCUT2D eigenvalue weighted by Gasteiger charge is 2.23. The fourth-order valence-corrected chi connectivity index (χ4v) is 3.44. The van der Waals surface area contributed by atoms with Crippen LogP contribution in [-0.2, 0) is 11.3 Å². The first-order valence-corrected chi connectivity index (χ1v) is 9.32. The topological polar surface area (TPSA) is 88.5 Å². The normalized spacial score (nSPS) is 17.7. The smallest absolute Gasteiger partial charge is 0.217 e. The molecule has 8 heteroatoms. The molecule has 7 nitrogen and oxygen atoms in total. The van der Waals surface area contributed by atoms with Gasteiger partial charge in [0.2, 0.25) is 5.91 Å². The van der Waals surface area contributed by atoms with Crippen LogP contribution in [0.25, 0.3) is 0 Å². The second-order valence-electron chi connectivity index (χ2n) is 6.86. The number of carbonyl (C=O) groups excluding carboxylic acids is 1. The Hall–Kier alpha value is -1.32. The Labute approximate surface area is 173 Å². The Balaban J connectivity index is 0.00000338. The highest BCUT2D eigenvalue weighted by atomic mass is 127. The van der Waals surface area contributed by atoms with Crippen LogP contribution in [0, 0.1) is 19.8 Å². The fraction of sp³-hybridized carbons (Fsp3) is 0.722. The van der Waals surface area contributed by atoms with Crippen LogP contribution in [-0.4, -0.2) is 52.7 Å². The minimum Gasteiger partial charge on any atom is -0.370 e. The van der Waals surface area contributed by atoms with Gasteiger partial charge in [-0.15, -0.1) is 24.0 Å². The highest BCUT2D eigenvalue weighted by molar-refractivity contribution is 14.0. The zero-order valence-corrected chi connectivity index (χ0v) is 18.5. The van der Waals surface area contributed by atoms with Crippen molar-refractivity contribution in [1.82, 2.24) is 20.0 Å². The maximum absolute atomic E-state index is 11.2. The number of piperidine rings is 1. The van der Waals surface area contributed by atoms with E-state index in [1.54, 1.807) is 0 Å². The average molecular weight is 476 g/mol. The summed E-state index contributed by atoms with van der Waals surface area (Å²) in [5.74, 6) is 1.08. The standard InChI is InChI=1S/C18H32N6O.HI/c1-4-20-18(23-9-5-7-16(13-23)12-17(19)25)21-8-6-10-24-15(3)11-14(2)22-24;/h11,16H,4-10,12-13H2,1-3H3,(H2,19,25)(H,20,21);1H. The predicted octanol–water partition coefficient (Wildman–Crippen LogP) is 2.06. The maximum Gasteiger partial charge on any atom is 0.217 e. The lowest BCUT2D eigenvalue weighted by molar-refractivity contribution is -0.119. The molecule has 2 heterocycles. The molecule has 1 fully saturated rings. The van der Waals surface area contributed by atoms with Gasteiger partial charge in [0.1, 0.15) is 0 Å². The van der Waals surface area contributed by atoms with Gasteiger partial charge in [-0.1, -0.05) is 0 Å². The predicted molar refractivity (Wildman–Crippen MR) is 116 cm³/mol. The number of likely N-dealkylation sites (tertiary alicyclic amines) is 1. The van der Waals surface area contributed by atoms with E-state index in [2.05, 4.69) is 35.2 Å². The third-order valence-corrected chi connectivity index (χ3v) is 4.54. The molecule has 1 atom stereocenters. The summed E-state index contributed by atoms with van der Waals surface area (Å²) in [6.07, 6.45) is 3.56. The number of halogens is 1. The first-order valence-electron chi connectivity index (χ1n) is 9.32. The first-order chi connectivity index (χ1) is 12.0. The zero-order chi connectivity index (χ0) is 18.2. The van der Waals surface area contributed by atoms with E-state index in [9.17, 15) is 4.79 Å². The van der Waals surface area contributed by atoms with Gasteiger partial charge in [0.15, 0.2) is 5.96 Å². The summed E-state index contributed by atoms with van der Waals surface area (Å²) in [5, 5.41) is 7.87. The van der Waals surface area contributed by atoms with Crippen LogP contribution in [0.4, 0.5) is 0 Å². The summed E-state index contributed by atoms with van der Waals surface area (Å²) in [4.78, 5) is 18.2. The van der Waals surface area contributed by atoms with E-state index in [1.807, 2.05) is 11.6 Å². The molecule has 1 aromatic heterocycles. The summed E-state index contributed by atoms with van der Waals surface area (Å²) >= 11 is 0. The van der Waals surface area contributed by atoms with Crippen LogP contribution < -0.4 is 11.1 Å². The van der Waals surface area contributed by atoms with Crippen molar-refractivity contribution in [3.63, 3.8) is 0 Å². The Bertz CT molecular complexity index is 601. The summed E-state index contributed by atoms with van der Waals surface area (Å²) in [6, 6.07) is 2.10. The average Bonchev–Trinajstić information content (AvgIpc) is 2.87. The van der Waals surface area contributed by atoms with E-state index < -0.39 is 0 Å². The van der Waals surface area contributed by atoms with Gasteiger partial charge in [-0.25, -0.2) is 0 Å². The molecular weight excluding hydrogens is 443 g/mol. The fourth-order valence-electron chi connectivity index (χ4n) is 3.44. The number of amides is 1. The molecule has 1 aliphatic rings. The Kier molecular flexibility index (Phi) is 9.97. The molecule has 3 N–H and O–H groups in total. The quantitative estimate of drug-likeness (QED) is 0.273. The van der Waals surface area contributed by atoms with Crippen LogP contribution >= 0.6 is 24.0 Å². The molecular formula is C18H33IN6O. The van der Waals surface area contributed by atoms with Crippen molar-refractivity contribution >= 4 is 35.8 Å². The Morgan fingerprint density at radius 1 is 1.46 bits per heavy atom. The van der Waals surface area contributed by atoms with Gasteiger partial charge in [0, 0.05) is 44.8 Å². The van der Waals surface area contributed by atoms with Crippen LogP contribution in [0.1, 0.15) is 44.0 Å². The lowest BCUT2D eigenvalue weighted by atomic mass is 9.95. The lowest BCUT2D eigenvalue weighted by Gasteiger charge is -2.34. The van der Waals surface area contributed by atoms with E-state index in [0.29, 0.717) is 12.3 Å². The number of carbonyl (C=O) groups is 1. The highest BCUT2D eigenvalue weighted by Crippen LogP contribution is 2.19. The van der Waals surface area contributed by atoms with Crippen molar-refractivity contribution in [2.45, 2.75) is 53.0 Å². The Morgan fingerprint density at radius 3 is 2.85 bits per heavy atom. The summed E-state index contributed by atoms with van der Waals surface area (Å²) in [7, 11) is 0. The van der Waals surface area contributed by atoms with E-state index in [4.69, 9.17) is 10.7 Å². The number of rotatable bonds is 7. The third kappa shape index (κ3) is 7.13. The lowest BCUT2D eigenvalue weighted by Crippen LogP contribution is -2.47. The number of guanidine groups is 1. The number of nitrogens with zero attached hydrogens (tertiary/aromatic N) is 4. The van der Waals surface area contributed by atoms with Gasteiger partial charge >= 0.3 is 0 Å². The van der Waals surface area contributed by atoms with Crippen LogP contribution in [0.3, 0.4) is 0 Å². The van der Waals surface area contributed by atoms with Crippen LogP contribution in [0.15, 0.2) is 11.1 Å². The van der Waals surface area contributed by atoms with Gasteiger partial charge in [0.25, 0.3) is 0 Å². The van der Waals surface area contributed by atoms with E-state index in [0.717, 1.165) is 63.6 Å². The van der Waals surface area contributed by atoms with E-state index in [1.165, 1.54) is 5.69 Å². The molecule has 26 heavy (non-hydrogen) atoms. The van der Waals surface area contributed by atoms with Crippen molar-refractivity contribution < 1.29 is 4.79 Å². The first kappa shape index (κ1) is 22.7. The number of aliphatic imine (C=N–C) groups is 1. The second-order valence-corrected chi connectivity index (χ2v) is 6.86. The number of aromatic nitrogens is 2. The number of primary amides is 1. The second kappa shape index (κ2) is 11.4. The minimum atomic E-state index is -0.210. The summed E-state index contributed by atoms with van der Waals surface area (Å²) < 4.78 is 2.04.